The van der Waals surface area contributed by atoms with Crippen LogP contribution in [0.25, 0.3) is 5.70 Å². The number of nitrogens with one attached hydrogen (secondary N) is 1. The van der Waals surface area contributed by atoms with Crippen molar-refractivity contribution in [3.05, 3.63) is 66.4 Å². The second kappa shape index (κ2) is 9.08. The van der Waals surface area contributed by atoms with E-state index in [1.807, 2.05) is 18.2 Å². The van der Waals surface area contributed by atoms with Crippen molar-refractivity contribution < 1.29 is 23.4 Å². The lowest BCUT2D eigenvalue weighted by molar-refractivity contribution is 0.342. The van der Waals surface area contributed by atoms with Crippen LogP contribution in [0.1, 0.15) is 32.1 Å². The van der Waals surface area contributed by atoms with E-state index in [1.54, 1.807) is 45.6 Å². The van der Waals surface area contributed by atoms with Crippen molar-refractivity contribution in [2.24, 2.45) is 0 Å². The van der Waals surface area contributed by atoms with Crippen molar-refractivity contribution in [3.8, 4) is 28.9 Å². The second-order valence-electron chi connectivity index (χ2n) is 8.01. The number of anilines is 1. The van der Waals surface area contributed by atoms with Gasteiger partial charge < -0.3 is 28.7 Å². The smallest absolute Gasteiger partial charge is 0.290 e. The Balaban J connectivity index is 1.79. The molecule has 31 heavy (non-hydrogen) atoms. The SMILES string of the molecule is C=C(Nc1c(OC)cc(OC)cc1OC)c1ccc(Oc2cccc(C(C)(C)C)c2)o1. The fraction of sp³-hybridized carbons (Fsp3) is 0.280. The molecule has 0 bridgehead atoms. The molecule has 0 spiro atoms. The molecule has 0 aliphatic carbocycles. The molecule has 0 aliphatic rings. The van der Waals surface area contributed by atoms with Crippen molar-refractivity contribution >= 4 is 11.4 Å². The van der Waals surface area contributed by atoms with E-state index in [0.717, 1.165) is 0 Å². The van der Waals surface area contributed by atoms with E-state index >= 15 is 0 Å². The molecular formula is C25H29NO5. The van der Waals surface area contributed by atoms with Crippen LogP contribution in [0.5, 0.6) is 28.9 Å². The van der Waals surface area contributed by atoms with E-state index in [-0.39, 0.29) is 5.41 Å². The highest BCUT2D eigenvalue weighted by Gasteiger charge is 2.17. The molecule has 0 fully saturated rings. The Morgan fingerprint density at radius 3 is 2.13 bits per heavy atom. The van der Waals surface area contributed by atoms with Crippen LogP contribution in [0.15, 0.2) is 59.5 Å². The molecule has 6 nitrogen and oxygen atoms in total. The van der Waals surface area contributed by atoms with Crippen molar-refractivity contribution in [1.29, 1.82) is 0 Å². The topological polar surface area (TPSA) is 62.1 Å². The van der Waals surface area contributed by atoms with Gasteiger partial charge in [-0.25, -0.2) is 0 Å². The summed E-state index contributed by atoms with van der Waals surface area (Å²) >= 11 is 0. The average Bonchev–Trinajstić information content (AvgIpc) is 3.21. The molecule has 0 saturated carbocycles. The van der Waals surface area contributed by atoms with Crippen LogP contribution in [0.2, 0.25) is 0 Å². The average molecular weight is 424 g/mol. The van der Waals surface area contributed by atoms with Gasteiger partial charge >= 0.3 is 0 Å². The van der Waals surface area contributed by atoms with E-state index in [9.17, 15) is 0 Å². The maximum Gasteiger partial charge on any atom is 0.290 e. The van der Waals surface area contributed by atoms with Crippen LogP contribution in [0, 0.1) is 0 Å². The highest BCUT2D eigenvalue weighted by Crippen LogP contribution is 2.41. The molecule has 1 N–H and O–H groups in total. The van der Waals surface area contributed by atoms with Crippen LogP contribution >= 0.6 is 0 Å². The summed E-state index contributed by atoms with van der Waals surface area (Å²) in [6.07, 6.45) is 0. The highest BCUT2D eigenvalue weighted by molar-refractivity contribution is 5.81. The number of benzene rings is 2. The first-order valence-electron chi connectivity index (χ1n) is 9.89. The molecule has 0 saturated heterocycles. The quantitative estimate of drug-likeness (QED) is 0.447. The third-order valence-electron chi connectivity index (χ3n) is 4.79. The van der Waals surface area contributed by atoms with Crippen LogP contribution in [-0.2, 0) is 5.41 Å². The lowest BCUT2D eigenvalue weighted by Gasteiger charge is -2.19. The monoisotopic (exact) mass is 423 g/mol. The number of furan rings is 1. The van der Waals surface area contributed by atoms with E-state index in [0.29, 0.717) is 46.1 Å². The normalized spacial score (nSPS) is 11.0. The van der Waals surface area contributed by atoms with E-state index in [1.165, 1.54) is 5.56 Å². The van der Waals surface area contributed by atoms with Gasteiger partial charge in [-0.3, -0.25) is 0 Å². The maximum atomic E-state index is 5.91. The molecule has 1 heterocycles. The Labute approximate surface area is 183 Å². The van der Waals surface area contributed by atoms with Gasteiger partial charge in [-0.2, -0.15) is 0 Å². The van der Waals surface area contributed by atoms with Gasteiger partial charge in [-0.05, 0) is 29.2 Å². The van der Waals surface area contributed by atoms with Crippen molar-refractivity contribution in [1.82, 2.24) is 0 Å². The molecule has 0 unspecified atom stereocenters. The molecule has 0 atom stereocenters. The summed E-state index contributed by atoms with van der Waals surface area (Å²) in [5, 5.41) is 3.21. The molecule has 164 valence electrons. The van der Waals surface area contributed by atoms with Crippen molar-refractivity contribution in [2.45, 2.75) is 26.2 Å². The van der Waals surface area contributed by atoms with Gasteiger partial charge in [-0.1, -0.05) is 39.5 Å². The van der Waals surface area contributed by atoms with E-state index in [2.05, 4.69) is 38.7 Å². The lowest BCUT2D eigenvalue weighted by Crippen LogP contribution is -2.10. The Bertz CT molecular complexity index is 1040. The summed E-state index contributed by atoms with van der Waals surface area (Å²) in [4.78, 5) is 0. The fourth-order valence-electron chi connectivity index (χ4n) is 3.02. The summed E-state index contributed by atoms with van der Waals surface area (Å²) < 4.78 is 28.0. The Morgan fingerprint density at radius 2 is 1.55 bits per heavy atom. The van der Waals surface area contributed by atoms with E-state index < -0.39 is 0 Å². The number of hydrogen-bond donors (Lipinski definition) is 1. The van der Waals surface area contributed by atoms with Crippen LogP contribution in [0.4, 0.5) is 5.69 Å². The van der Waals surface area contributed by atoms with Gasteiger partial charge in [0.05, 0.1) is 27.0 Å². The minimum atomic E-state index is 0.0301. The predicted octanol–water partition coefficient (Wildman–Crippen LogP) is 6.48. The number of hydrogen-bond acceptors (Lipinski definition) is 6. The minimum Gasteiger partial charge on any atom is -0.496 e. The standard InChI is InChI=1S/C25H29NO5/c1-16(26-24-21(28-6)14-19(27-5)15-22(24)29-7)20-11-12-23(31-20)30-18-10-8-9-17(13-18)25(2,3)4/h8-15,26H,1H2,2-7H3. The summed E-state index contributed by atoms with van der Waals surface area (Å²) in [6, 6.07) is 15.0. The lowest BCUT2D eigenvalue weighted by atomic mass is 9.87. The third-order valence-corrected chi connectivity index (χ3v) is 4.79. The number of ether oxygens (including phenoxy) is 4. The van der Waals surface area contributed by atoms with Gasteiger partial charge in [0.1, 0.15) is 28.7 Å². The highest BCUT2D eigenvalue weighted by atomic mass is 16.6. The zero-order valence-corrected chi connectivity index (χ0v) is 18.9. The zero-order chi connectivity index (χ0) is 22.6. The van der Waals surface area contributed by atoms with Gasteiger partial charge in [0.25, 0.3) is 5.95 Å². The molecule has 0 amide bonds. The van der Waals surface area contributed by atoms with Crippen molar-refractivity contribution in [3.63, 3.8) is 0 Å². The molecule has 3 rings (SSSR count). The van der Waals surface area contributed by atoms with Crippen LogP contribution in [-0.4, -0.2) is 21.3 Å². The largest absolute Gasteiger partial charge is 0.496 e. The second-order valence-corrected chi connectivity index (χ2v) is 8.01. The summed E-state index contributed by atoms with van der Waals surface area (Å²) in [6.45, 7) is 10.6. The molecule has 6 heteroatoms. The third kappa shape index (κ3) is 5.15. The Hall–Kier alpha value is -3.54. The molecule has 2 aromatic carbocycles. The van der Waals surface area contributed by atoms with Gasteiger partial charge in [0.2, 0.25) is 0 Å². The number of methoxy groups -OCH3 is 3. The molecule has 0 aliphatic heterocycles. The van der Waals surface area contributed by atoms with Crippen LogP contribution < -0.4 is 24.3 Å². The molecule has 1 aromatic heterocycles. The number of rotatable bonds is 8. The first kappa shape index (κ1) is 22.2. The minimum absolute atomic E-state index is 0.0301. The Kier molecular flexibility index (Phi) is 6.49. The molecule has 0 radical (unpaired) electrons. The first-order chi connectivity index (χ1) is 14.7. The molecule has 3 aromatic rings. The summed E-state index contributed by atoms with van der Waals surface area (Å²) in [5.74, 6) is 3.35. The van der Waals surface area contributed by atoms with Crippen molar-refractivity contribution in [2.75, 3.05) is 26.6 Å². The first-order valence-corrected chi connectivity index (χ1v) is 9.89. The fourth-order valence-corrected chi connectivity index (χ4v) is 3.02. The zero-order valence-electron chi connectivity index (χ0n) is 18.9. The summed E-state index contributed by atoms with van der Waals surface area (Å²) in [5.41, 5.74) is 2.36. The molecular weight excluding hydrogens is 394 g/mol. The predicted molar refractivity (Wildman–Crippen MR) is 123 cm³/mol. The summed E-state index contributed by atoms with van der Waals surface area (Å²) in [7, 11) is 4.74. The van der Waals surface area contributed by atoms with Crippen LogP contribution in [0.3, 0.4) is 0 Å². The van der Waals surface area contributed by atoms with Gasteiger partial charge in [-0.15, -0.1) is 0 Å². The van der Waals surface area contributed by atoms with Gasteiger partial charge in [0.15, 0.2) is 5.76 Å². The Morgan fingerprint density at radius 1 is 0.871 bits per heavy atom. The maximum absolute atomic E-state index is 5.91. The van der Waals surface area contributed by atoms with E-state index in [4.69, 9.17) is 23.4 Å². The van der Waals surface area contributed by atoms with Gasteiger partial charge in [0, 0.05) is 18.2 Å².